The van der Waals surface area contributed by atoms with Crippen LogP contribution < -0.4 is 15.4 Å². The SMILES string of the molecule is COc1c(N2CCC(CN(C)C)CC2)sc(C(C)=O)c1N. The monoisotopic (exact) mass is 311 g/mol. The minimum absolute atomic E-state index is 0.00421. The molecule has 1 aromatic heterocycles. The van der Waals surface area contributed by atoms with Gasteiger partial charge in [-0.05, 0) is 32.9 Å². The zero-order valence-corrected chi connectivity index (χ0v) is 14.1. The van der Waals surface area contributed by atoms with Gasteiger partial charge in [-0.1, -0.05) is 0 Å². The number of rotatable bonds is 5. The summed E-state index contributed by atoms with van der Waals surface area (Å²) in [6.07, 6.45) is 2.32. The number of hydrogen-bond acceptors (Lipinski definition) is 6. The van der Waals surface area contributed by atoms with Crippen LogP contribution >= 0.6 is 11.3 Å². The van der Waals surface area contributed by atoms with Crippen LogP contribution in [0.15, 0.2) is 0 Å². The molecule has 1 fully saturated rings. The molecule has 1 aromatic rings. The van der Waals surface area contributed by atoms with Crippen molar-refractivity contribution in [1.29, 1.82) is 0 Å². The van der Waals surface area contributed by atoms with Gasteiger partial charge in [0.15, 0.2) is 11.5 Å². The van der Waals surface area contributed by atoms with E-state index in [1.165, 1.54) is 11.3 Å². The number of hydrogen-bond donors (Lipinski definition) is 1. The van der Waals surface area contributed by atoms with Crippen molar-refractivity contribution in [2.24, 2.45) is 5.92 Å². The molecule has 2 heterocycles. The van der Waals surface area contributed by atoms with E-state index >= 15 is 0 Å². The van der Waals surface area contributed by atoms with Gasteiger partial charge in [0, 0.05) is 26.6 Å². The highest BCUT2D eigenvalue weighted by atomic mass is 32.1. The second-order valence-corrected chi connectivity index (χ2v) is 6.93. The summed E-state index contributed by atoms with van der Waals surface area (Å²) < 4.78 is 5.43. The Kier molecular flexibility index (Phi) is 5.11. The molecule has 1 saturated heterocycles. The van der Waals surface area contributed by atoms with Gasteiger partial charge in [-0.2, -0.15) is 0 Å². The number of nitrogens with zero attached hydrogens (tertiary/aromatic N) is 2. The van der Waals surface area contributed by atoms with Crippen molar-refractivity contribution in [3.8, 4) is 5.75 Å². The zero-order chi connectivity index (χ0) is 15.6. The number of nitrogen functional groups attached to an aromatic ring is 1. The summed E-state index contributed by atoms with van der Waals surface area (Å²) in [6, 6.07) is 0. The quantitative estimate of drug-likeness (QED) is 0.846. The predicted molar refractivity (Wildman–Crippen MR) is 88.8 cm³/mol. The van der Waals surface area contributed by atoms with E-state index in [1.54, 1.807) is 14.0 Å². The average Bonchev–Trinajstić information content (AvgIpc) is 2.76. The van der Waals surface area contributed by atoms with Crippen molar-refractivity contribution in [2.45, 2.75) is 19.8 Å². The summed E-state index contributed by atoms with van der Waals surface area (Å²) in [5, 5.41) is 1.00. The lowest BCUT2D eigenvalue weighted by Crippen LogP contribution is -2.36. The first-order chi connectivity index (χ1) is 9.93. The molecule has 1 aliphatic rings. The molecule has 118 valence electrons. The van der Waals surface area contributed by atoms with Crippen LogP contribution in [0.3, 0.4) is 0 Å². The van der Waals surface area contributed by atoms with Crippen LogP contribution in [-0.4, -0.2) is 51.5 Å². The molecule has 0 saturated carbocycles. The normalized spacial score (nSPS) is 16.5. The third-order valence-electron chi connectivity index (χ3n) is 3.93. The van der Waals surface area contributed by atoms with Crippen LogP contribution in [0.5, 0.6) is 5.75 Å². The number of thiophene rings is 1. The minimum atomic E-state index is 0.00421. The topological polar surface area (TPSA) is 58.8 Å². The van der Waals surface area contributed by atoms with Crippen LogP contribution in [0.1, 0.15) is 29.4 Å². The molecular weight excluding hydrogens is 286 g/mol. The maximum Gasteiger partial charge on any atom is 0.177 e. The molecule has 0 unspecified atom stereocenters. The van der Waals surface area contributed by atoms with E-state index in [0.717, 1.165) is 43.4 Å². The van der Waals surface area contributed by atoms with E-state index in [9.17, 15) is 4.79 Å². The first-order valence-corrected chi connectivity index (χ1v) is 8.12. The van der Waals surface area contributed by atoms with Crippen molar-refractivity contribution in [3.63, 3.8) is 0 Å². The number of carbonyl (C=O) groups excluding carboxylic acids is 1. The van der Waals surface area contributed by atoms with Gasteiger partial charge in [0.25, 0.3) is 0 Å². The molecule has 6 heteroatoms. The lowest BCUT2D eigenvalue weighted by molar-refractivity contribution is 0.102. The van der Waals surface area contributed by atoms with Crippen molar-refractivity contribution in [2.75, 3.05) is 51.5 Å². The lowest BCUT2D eigenvalue weighted by atomic mass is 9.96. The van der Waals surface area contributed by atoms with Crippen LogP contribution in [0.25, 0.3) is 0 Å². The summed E-state index contributed by atoms with van der Waals surface area (Å²) in [4.78, 5) is 16.8. The summed E-state index contributed by atoms with van der Waals surface area (Å²) in [5.74, 6) is 1.41. The third-order valence-corrected chi connectivity index (χ3v) is 5.28. The standard InChI is InChI=1S/C15H25N3O2S/c1-10(19)14-12(16)13(20-4)15(21-14)18-7-5-11(6-8-18)9-17(2)3/h11H,5-9,16H2,1-4H3. The van der Waals surface area contributed by atoms with Crippen LogP contribution in [-0.2, 0) is 0 Å². The first-order valence-electron chi connectivity index (χ1n) is 7.30. The zero-order valence-electron chi connectivity index (χ0n) is 13.3. The molecule has 0 spiro atoms. The Morgan fingerprint density at radius 3 is 2.52 bits per heavy atom. The Morgan fingerprint density at radius 2 is 2.05 bits per heavy atom. The molecule has 5 nitrogen and oxygen atoms in total. The van der Waals surface area contributed by atoms with Gasteiger partial charge in [0.1, 0.15) is 5.00 Å². The van der Waals surface area contributed by atoms with Crippen LogP contribution in [0.2, 0.25) is 0 Å². The highest BCUT2D eigenvalue weighted by molar-refractivity contribution is 7.19. The number of methoxy groups -OCH3 is 1. The van der Waals surface area contributed by atoms with Gasteiger partial charge in [0.05, 0.1) is 17.7 Å². The molecule has 0 atom stereocenters. The Labute approximate surface area is 130 Å². The van der Waals surface area contributed by atoms with Gasteiger partial charge in [-0.25, -0.2) is 0 Å². The number of ether oxygens (including phenoxy) is 1. The van der Waals surface area contributed by atoms with E-state index in [-0.39, 0.29) is 5.78 Å². The maximum atomic E-state index is 11.7. The van der Waals surface area contributed by atoms with Crippen LogP contribution in [0, 0.1) is 5.92 Å². The number of ketones is 1. The van der Waals surface area contributed by atoms with Crippen molar-refractivity contribution < 1.29 is 9.53 Å². The number of carbonyl (C=O) groups is 1. The fourth-order valence-corrected chi connectivity index (χ4v) is 4.06. The summed E-state index contributed by atoms with van der Waals surface area (Å²) in [5.41, 5.74) is 6.53. The number of Topliss-reactive ketones (excluding diaryl/α,β-unsaturated/α-hetero) is 1. The molecule has 2 N–H and O–H groups in total. The highest BCUT2D eigenvalue weighted by Gasteiger charge is 2.27. The molecule has 0 radical (unpaired) electrons. The lowest BCUT2D eigenvalue weighted by Gasteiger charge is -2.34. The van der Waals surface area contributed by atoms with Crippen LogP contribution in [0.4, 0.5) is 10.7 Å². The average molecular weight is 311 g/mol. The second-order valence-electron chi connectivity index (χ2n) is 5.93. The third kappa shape index (κ3) is 3.49. The molecule has 0 aromatic carbocycles. The number of anilines is 2. The fraction of sp³-hybridized carbons (Fsp3) is 0.667. The number of piperidine rings is 1. The van der Waals surface area contributed by atoms with Gasteiger partial charge in [0.2, 0.25) is 0 Å². The van der Waals surface area contributed by atoms with Gasteiger partial charge in [-0.15, -0.1) is 11.3 Å². The highest BCUT2D eigenvalue weighted by Crippen LogP contribution is 2.45. The Balaban J connectivity index is 2.13. The van der Waals surface area contributed by atoms with Crippen molar-refractivity contribution in [1.82, 2.24) is 4.90 Å². The van der Waals surface area contributed by atoms with E-state index in [4.69, 9.17) is 10.5 Å². The van der Waals surface area contributed by atoms with E-state index in [2.05, 4.69) is 23.9 Å². The van der Waals surface area contributed by atoms with Crippen molar-refractivity contribution in [3.05, 3.63) is 4.88 Å². The maximum absolute atomic E-state index is 11.7. The van der Waals surface area contributed by atoms with Gasteiger partial charge in [-0.3, -0.25) is 4.79 Å². The molecule has 0 aliphatic carbocycles. The van der Waals surface area contributed by atoms with Gasteiger partial charge < -0.3 is 20.3 Å². The molecular formula is C15H25N3O2S. The predicted octanol–water partition coefficient (Wildman–Crippen LogP) is 2.32. The largest absolute Gasteiger partial charge is 0.492 e. The summed E-state index contributed by atoms with van der Waals surface area (Å²) in [7, 11) is 5.85. The Morgan fingerprint density at radius 1 is 1.43 bits per heavy atom. The van der Waals surface area contributed by atoms with E-state index in [0.29, 0.717) is 16.3 Å². The summed E-state index contributed by atoms with van der Waals surface area (Å²) in [6.45, 7) is 4.67. The van der Waals surface area contributed by atoms with E-state index in [1.807, 2.05) is 0 Å². The molecule has 0 bridgehead atoms. The molecule has 1 aliphatic heterocycles. The Bertz CT molecular complexity index is 505. The number of nitrogens with two attached hydrogens (primary N) is 1. The Hall–Kier alpha value is -1.27. The minimum Gasteiger partial charge on any atom is -0.492 e. The molecule has 2 rings (SSSR count). The van der Waals surface area contributed by atoms with Gasteiger partial charge >= 0.3 is 0 Å². The fourth-order valence-electron chi connectivity index (χ4n) is 2.92. The second kappa shape index (κ2) is 6.66. The van der Waals surface area contributed by atoms with Crippen molar-refractivity contribution >= 4 is 27.8 Å². The summed E-state index contributed by atoms with van der Waals surface area (Å²) >= 11 is 1.46. The molecule has 0 amide bonds. The molecule has 21 heavy (non-hydrogen) atoms. The first kappa shape index (κ1) is 16.1. The smallest absolute Gasteiger partial charge is 0.177 e. The van der Waals surface area contributed by atoms with E-state index < -0.39 is 0 Å².